The van der Waals surface area contributed by atoms with Crippen LogP contribution in [-0.4, -0.2) is 33.6 Å². The van der Waals surface area contributed by atoms with Crippen molar-refractivity contribution < 1.29 is 8.42 Å². The van der Waals surface area contributed by atoms with Crippen molar-refractivity contribution in [2.75, 3.05) is 14.1 Å². The van der Waals surface area contributed by atoms with Gasteiger partial charge in [-0.25, -0.2) is 13.4 Å². The molecule has 0 spiro atoms. The Labute approximate surface area is 115 Å². The summed E-state index contributed by atoms with van der Waals surface area (Å²) in [5.74, 6) is 0. The van der Waals surface area contributed by atoms with Crippen molar-refractivity contribution in [3.05, 3.63) is 29.3 Å². The van der Waals surface area contributed by atoms with Crippen molar-refractivity contribution in [1.29, 1.82) is 0 Å². The lowest BCUT2D eigenvalue weighted by Gasteiger charge is -2.14. The minimum absolute atomic E-state index is 0.305. The molecule has 0 bridgehead atoms. The highest BCUT2D eigenvalue weighted by molar-refractivity contribution is 7.89. The first-order valence-electron chi connectivity index (χ1n) is 6.41. The van der Waals surface area contributed by atoms with Crippen LogP contribution in [0.25, 0.3) is 0 Å². The molecular formula is C13H21N3O2S. The quantitative estimate of drug-likeness (QED) is 0.765. The van der Waals surface area contributed by atoms with Crippen molar-refractivity contribution in [2.45, 2.75) is 37.2 Å². The zero-order valence-corrected chi connectivity index (χ0v) is 12.4. The molecule has 1 saturated carbocycles. The van der Waals surface area contributed by atoms with E-state index in [9.17, 15) is 8.42 Å². The molecule has 0 aliphatic heterocycles. The zero-order chi connectivity index (χ0) is 14.0. The standard InChI is InChI=1S/C13H21N3O2S/c1-10-4-7-13(19(17,18)15-16(2)3)8-11(10)9-14-12-5-6-12/h4,7-8,12,14-15H,5-6,9H2,1-3H3. The van der Waals surface area contributed by atoms with Gasteiger partial charge in [-0.3, -0.25) is 0 Å². The van der Waals surface area contributed by atoms with Crippen molar-refractivity contribution in [3.8, 4) is 0 Å². The number of hydrazine groups is 1. The molecule has 0 heterocycles. The Balaban J connectivity index is 2.18. The van der Waals surface area contributed by atoms with E-state index in [-0.39, 0.29) is 0 Å². The van der Waals surface area contributed by atoms with Gasteiger partial charge in [0.2, 0.25) is 0 Å². The number of nitrogens with one attached hydrogen (secondary N) is 2. The van der Waals surface area contributed by atoms with E-state index in [0.717, 1.165) is 17.7 Å². The highest BCUT2D eigenvalue weighted by atomic mass is 32.2. The van der Waals surface area contributed by atoms with Crippen LogP contribution in [0.2, 0.25) is 0 Å². The highest BCUT2D eigenvalue weighted by Gasteiger charge is 2.21. The molecule has 1 aromatic rings. The predicted molar refractivity (Wildman–Crippen MR) is 75.0 cm³/mol. The van der Waals surface area contributed by atoms with Gasteiger partial charge in [0.05, 0.1) is 4.90 Å². The van der Waals surface area contributed by atoms with Crippen LogP contribution in [0.5, 0.6) is 0 Å². The first kappa shape index (κ1) is 14.5. The first-order chi connectivity index (χ1) is 8.88. The van der Waals surface area contributed by atoms with Gasteiger partial charge in [0.25, 0.3) is 10.0 Å². The summed E-state index contributed by atoms with van der Waals surface area (Å²) in [6, 6.07) is 5.85. The summed E-state index contributed by atoms with van der Waals surface area (Å²) >= 11 is 0. The largest absolute Gasteiger partial charge is 0.310 e. The molecule has 0 unspecified atom stereocenters. The third-order valence-electron chi connectivity index (χ3n) is 3.09. The van der Waals surface area contributed by atoms with E-state index in [1.165, 1.54) is 17.9 Å². The second-order valence-electron chi connectivity index (χ2n) is 5.23. The van der Waals surface area contributed by atoms with Crippen LogP contribution in [0.3, 0.4) is 0 Å². The first-order valence-corrected chi connectivity index (χ1v) is 7.89. The van der Waals surface area contributed by atoms with Crippen LogP contribution >= 0.6 is 0 Å². The van der Waals surface area contributed by atoms with Gasteiger partial charge in [0.15, 0.2) is 0 Å². The maximum Gasteiger partial charge on any atom is 0.253 e. The SMILES string of the molecule is Cc1ccc(S(=O)(=O)NN(C)C)cc1CNC1CC1. The average Bonchev–Trinajstić information content (AvgIpc) is 3.09. The van der Waals surface area contributed by atoms with E-state index in [2.05, 4.69) is 10.1 Å². The summed E-state index contributed by atoms with van der Waals surface area (Å²) in [6.07, 6.45) is 2.44. The van der Waals surface area contributed by atoms with Gasteiger partial charge in [0.1, 0.15) is 0 Å². The number of benzene rings is 1. The zero-order valence-electron chi connectivity index (χ0n) is 11.6. The van der Waals surface area contributed by atoms with Crippen molar-refractivity contribution in [2.24, 2.45) is 0 Å². The summed E-state index contributed by atoms with van der Waals surface area (Å²) in [5.41, 5.74) is 2.14. The molecule has 1 aromatic carbocycles. The monoisotopic (exact) mass is 283 g/mol. The Hall–Kier alpha value is -0.950. The normalized spacial score (nSPS) is 16.0. The summed E-state index contributed by atoms with van der Waals surface area (Å²) in [6.45, 7) is 2.72. The topological polar surface area (TPSA) is 61.4 Å². The third kappa shape index (κ3) is 4.01. The van der Waals surface area contributed by atoms with E-state index in [4.69, 9.17) is 0 Å². The van der Waals surface area contributed by atoms with Gasteiger partial charge in [-0.15, -0.1) is 4.83 Å². The third-order valence-corrected chi connectivity index (χ3v) is 4.57. The van der Waals surface area contributed by atoms with Crippen LogP contribution in [-0.2, 0) is 16.6 Å². The minimum Gasteiger partial charge on any atom is -0.310 e. The molecule has 1 fully saturated rings. The van der Waals surface area contributed by atoms with Crippen molar-refractivity contribution >= 4 is 10.0 Å². The van der Waals surface area contributed by atoms with Gasteiger partial charge in [-0.05, 0) is 43.0 Å². The molecule has 0 saturated heterocycles. The molecule has 0 aromatic heterocycles. The number of nitrogens with zero attached hydrogens (tertiary/aromatic N) is 1. The summed E-state index contributed by atoms with van der Waals surface area (Å²) in [4.78, 5) is 2.75. The molecule has 1 aliphatic carbocycles. The fourth-order valence-corrected chi connectivity index (χ4v) is 2.97. The van der Waals surface area contributed by atoms with Crippen LogP contribution in [0.15, 0.2) is 23.1 Å². The maximum atomic E-state index is 12.1. The second kappa shape index (κ2) is 5.58. The smallest absolute Gasteiger partial charge is 0.253 e. The molecule has 0 atom stereocenters. The molecule has 5 nitrogen and oxygen atoms in total. The van der Waals surface area contributed by atoms with E-state index >= 15 is 0 Å². The molecule has 6 heteroatoms. The molecular weight excluding hydrogens is 262 g/mol. The van der Waals surface area contributed by atoms with Crippen molar-refractivity contribution in [1.82, 2.24) is 15.2 Å². The summed E-state index contributed by atoms with van der Waals surface area (Å²) < 4.78 is 24.2. The fraction of sp³-hybridized carbons (Fsp3) is 0.538. The van der Waals surface area contributed by atoms with Gasteiger partial charge in [-0.1, -0.05) is 6.07 Å². The molecule has 106 valence electrons. The van der Waals surface area contributed by atoms with Crippen LogP contribution < -0.4 is 10.1 Å². The Morgan fingerprint density at radius 2 is 2.00 bits per heavy atom. The fourth-order valence-electron chi connectivity index (χ4n) is 1.84. The molecule has 0 amide bonds. The Morgan fingerprint density at radius 1 is 1.32 bits per heavy atom. The molecule has 0 radical (unpaired) electrons. The number of rotatable bonds is 6. The average molecular weight is 283 g/mol. The summed E-state index contributed by atoms with van der Waals surface area (Å²) in [5, 5.41) is 4.84. The highest BCUT2D eigenvalue weighted by Crippen LogP contribution is 2.21. The van der Waals surface area contributed by atoms with E-state index in [0.29, 0.717) is 10.9 Å². The summed E-state index contributed by atoms with van der Waals surface area (Å²) in [7, 11) is -0.165. The van der Waals surface area contributed by atoms with Gasteiger partial charge in [0, 0.05) is 26.7 Å². The lowest BCUT2D eigenvalue weighted by atomic mass is 10.1. The molecule has 2 rings (SSSR count). The van der Waals surface area contributed by atoms with Crippen molar-refractivity contribution in [3.63, 3.8) is 0 Å². The van der Waals surface area contributed by atoms with E-state index in [1.54, 1.807) is 26.2 Å². The predicted octanol–water partition coefficient (Wildman–Crippen LogP) is 1.00. The maximum absolute atomic E-state index is 12.1. The minimum atomic E-state index is -3.47. The van der Waals surface area contributed by atoms with Crippen LogP contribution in [0.4, 0.5) is 0 Å². The van der Waals surface area contributed by atoms with Crippen LogP contribution in [0.1, 0.15) is 24.0 Å². The van der Waals surface area contributed by atoms with Crippen LogP contribution in [0, 0.1) is 6.92 Å². The Morgan fingerprint density at radius 3 is 2.58 bits per heavy atom. The van der Waals surface area contributed by atoms with E-state index in [1.807, 2.05) is 13.0 Å². The molecule has 2 N–H and O–H groups in total. The molecule has 19 heavy (non-hydrogen) atoms. The van der Waals surface area contributed by atoms with E-state index < -0.39 is 10.0 Å². The van der Waals surface area contributed by atoms with Gasteiger partial charge in [-0.2, -0.15) is 0 Å². The second-order valence-corrected chi connectivity index (χ2v) is 6.89. The number of sulfonamides is 1. The molecule has 1 aliphatic rings. The van der Waals surface area contributed by atoms with Gasteiger partial charge < -0.3 is 5.32 Å². The van der Waals surface area contributed by atoms with Gasteiger partial charge >= 0.3 is 0 Å². The number of hydrogen-bond donors (Lipinski definition) is 2. The lowest BCUT2D eigenvalue weighted by molar-refractivity contribution is 0.364. The Kier molecular flexibility index (Phi) is 4.25. The number of hydrogen-bond acceptors (Lipinski definition) is 4. The number of aryl methyl sites for hydroxylation is 1. The Bertz CT molecular complexity index is 551. The lowest BCUT2D eigenvalue weighted by Crippen LogP contribution is -2.36.